The van der Waals surface area contributed by atoms with E-state index in [2.05, 4.69) is 0 Å². The number of rotatable bonds is 4. The van der Waals surface area contributed by atoms with Crippen molar-refractivity contribution in [2.24, 2.45) is 0 Å². The van der Waals surface area contributed by atoms with Crippen LogP contribution in [0.4, 0.5) is 0 Å². The Morgan fingerprint density at radius 3 is 2.38 bits per heavy atom. The van der Waals surface area contributed by atoms with E-state index in [1.807, 2.05) is 0 Å². The molecular weight excluding hydrogens is 418 g/mol. The Hall–Kier alpha value is -2.62. The second kappa shape index (κ2) is 7.66. The first-order chi connectivity index (χ1) is 13.9. The molecule has 2 aromatic carbocycles. The molecule has 1 aromatic heterocycles. The highest BCUT2D eigenvalue weighted by molar-refractivity contribution is 7.89. The van der Waals surface area contributed by atoms with Crippen molar-refractivity contribution in [3.8, 4) is 0 Å². The van der Waals surface area contributed by atoms with Gasteiger partial charge in [0.25, 0.3) is 0 Å². The van der Waals surface area contributed by atoms with Gasteiger partial charge in [-0.25, -0.2) is 13.2 Å². The molecule has 0 N–H and O–H groups in total. The number of amides is 1. The van der Waals surface area contributed by atoms with Crippen molar-refractivity contribution >= 4 is 38.6 Å². The molecule has 2 heterocycles. The fourth-order valence-electron chi connectivity index (χ4n) is 3.37. The van der Waals surface area contributed by atoms with Crippen LogP contribution in [0.2, 0.25) is 5.02 Å². The molecule has 1 fully saturated rings. The monoisotopic (exact) mass is 435 g/mol. The summed E-state index contributed by atoms with van der Waals surface area (Å²) in [5, 5.41) is 0.164. The molecule has 0 saturated carbocycles. The Kier molecular flexibility index (Phi) is 5.20. The molecule has 1 amide bonds. The van der Waals surface area contributed by atoms with Gasteiger partial charge in [0, 0.05) is 26.2 Å². The van der Waals surface area contributed by atoms with Crippen molar-refractivity contribution in [1.82, 2.24) is 13.8 Å². The van der Waals surface area contributed by atoms with E-state index in [0.717, 1.165) is 0 Å². The fraction of sp³-hybridized carbons (Fsp3) is 0.263. The van der Waals surface area contributed by atoms with Crippen LogP contribution in [0.3, 0.4) is 0 Å². The Labute approximate surface area is 171 Å². The summed E-state index contributed by atoms with van der Waals surface area (Å²) in [5.74, 6) is -0.868. The lowest BCUT2D eigenvalue weighted by molar-refractivity contribution is -0.133. The maximum atomic E-state index is 12.8. The van der Waals surface area contributed by atoms with Crippen molar-refractivity contribution in [2.75, 3.05) is 26.2 Å². The second-order valence-electron chi connectivity index (χ2n) is 6.64. The molecule has 4 rings (SSSR count). The Morgan fingerprint density at radius 1 is 1.00 bits per heavy atom. The Morgan fingerprint density at radius 2 is 1.66 bits per heavy atom. The first-order valence-corrected chi connectivity index (χ1v) is 10.8. The summed E-state index contributed by atoms with van der Waals surface area (Å²) in [5.41, 5.74) is 0.965. The zero-order chi connectivity index (χ0) is 20.6. The number of carbonyl (C=O) groups is 1. The first-order valence-electron chi connectivity index (χ1n) is 8.99. The molecule has 0 radical (unpaired) electrons. The average Bonchev–Trinajstić information content (AvgIpc) is 3.03. The van der Waals surface area contributed by atoms with Crippen molar-refractivity contribution in [2.45, 2.75) is 11.4 Å². The van der Waals surface area contributed by atoms with Crippen molar-refractivity contribution in [1.29, 1.82) is 0 Å². The Balaban J connectivity index is 1.46. The van der Waals surface area contributed by atoms with Gasteiger partial charge in [0.1, 0.15) is 11.4 Å². The third kappa shape index (κ3) is 3.68. The SMILES string of the molecule is O=C(Cn1c(=O)oc2ccccc21)N1CCN(S(=O)(=O)c2ccccc2Cl)CC1. The van der Waals surface area contributed by atoms with Crippen LogP contribution in [-0.2, 0) is 21.4 Å². The molecule has 8 nitrogen and oxygen atoms in total. The predicted octanol–water partition coefficient (Wildman–Crippen LogP) is 1.78. The molecular formula is C19H18ClN3O5S. The molecule has 1 saturated heterocycles. The van der Waals surface area contributed by atoms with Crippen LogP contribution in [0.1, 0.15) is 0 Å². The topological polar surface area (TPSA) is 92.8 Å². The standard InChI is InChI=1S/C19H18ClN3O5S/c20-14-5-1-4-8-17(14)29(26,27)22-11-9-21(10-12-22)18(24)13-23-15-6-2-3-7-16(15)28-19(23)25/h1-8H,9-13H2. The van der Waals surface area contributed by atoms with Gasteiger partial charge in [0.2, 0.25) is 15.9 Å². The molecule has 0 unspecified atom stereocenters. The van der Waals surface area contributed by atoms with Gasteiger partial charge in [-0.3, -0.25) is 9.36 Å². The number of piperazine rings is 1. The van der Waals surface area contributed by atoms with Crippen LogP contribution in [0, 0.1) is 0 Å². The number of oxazole rings is 1. The van der Waals surface area contributed by atoms with Gasteiger partial charge in [-0.1, -0.05) is 35.9 Å². The van der Waals surface area contributed by atoms with Gasteiger partial charge in [-0.2, -0.15) is 4.31 Å². The summed E-state index contributed by atoms with van der Waals surface area (Å²) < 4.78 is 33.4. The molecule has 0 bridgehead atoms. The number of sulfonamides is 1. The highest BCUT2D eigenvalue weighted by Crippen LogP contribution is 2.25. The highest BCUT2D eigenvalue weighted by atomic mass is 35.5. The molecule has 3 aromatic rings. The summed E-state index contributed by atoms with van der Waals surface area (Å²) in [6.07, 6.45) is 0. The van der Waals surface area contributed by atoms with Crippen LogP contribution in [0.25, 0.3) is 11.1 Å². The average molecular weight is 436 g/mol. The number of hydrogen-bond donors (Lipinski definition) is 0. The lowest BCUT2D eigenvalue weighted by Gasteiger charge is -2.34. The Bertz CT molecular complexity index is 1230. The van der Waals surface area contributed by atoms with Crippen LogP contribution >= 0.6 is 11.6 Å². The number of aromatic nitrogens is 1. The highest BCUT2D eigenvalue weighted by Gasteiger charge is 2.31. The van der Waals surface area contributed by atoms with E-state index < -0.39 is 15.8 Å². The molecule has 0 spiro atoms. The minimum atomic E-state index is -3.73. The van der Waals surface area contributed by atoms with Gasteiger partial charge in [0.05, 0.1) is 10.5 Å². The van der Waals surface area contributed by atoms with E-state index in [0.29, 0.717) is 11.1 Å². The lowest BCUT2D eigenvalue weighted by Crippen LogP contribution is -2.51. The van der Waals surface area contributed by atoms with E-state index >= 15 is 0 Å². The van der Waals surface area contributed by atoms with Crippen LogP contribution in [-0.4, -0.2) is 54.3 Å². The van der Waals surface area contributed by atoms with Crippen LogP contribution in [0.5, 0.6) is 0 Å². The zero-order valence-electron chi connectivity index (χ0n) is 15.3. The molecule has 0 atom stereocenters. The van der Waals surface area contributed by atoms with Crippen molar-refractivity contribution < 1.29 is 17.6 Å². The zero-order valence-corrected chi connectivity index (χ0v) is 16.9. The van der Waals surface area contributed by atoms with E-state index in [1.54, 1.807) is 41.3 Å². The largest absolute Gasteiger partial charge is 0.420 e. The fourth-order valence-corrected chi connectivity index (χ4v) is 5.29. The van der Waals surface area contributed by atoms with Crippen LogP contribution in [0.15, 0.2) is 62.6 Å². The third-order valence-corrected chi connectivity index (χ3v) is 7.31. The van der Waals surface area contributed by atoms with Gasteiger partial charge in [-0.15, -0.1) is 0 Å². The molecule has 152 valence electrons. The predicted molar refractivity (Wildman–Crippen MR) is 107 cm³/mol. The van der Waals surface area contributed by atoms with Gasteiger partial charge in [-0.05, 0) is 24.3 Å². The number of benzene rings is 2. The van der Waals surface area contributed by atoms with Gasteiger partial charge in [0.15, 0.2) is 5.58 Å². The molecule has 1 aliphatic rings. The second-order valence-corrected chi connectivity index (χ2v) is 8.95. The quantitative estimate of drug-likeness (QED) is 0.622. The lowest BCUT2D eigenvalue weighted by atomic mass is 10.3. The summed E-state index contributed by atoms with van der Waals surface area (Å²) in [6.45, 7) is 0.605. The summed E-state index contributed by atoms with van der Waals surface area (Å²) in [4.78, 5) is 26.3. The van der Waals surface area contributed by atoms with Gasteiger partial charge >= 0.3 is 5.76 Å². The molecule has 29 heavy (non-hydrogen) atoms. The summed E-state index contributed by atoms with van der Waals surface area (Å²) in [6, 6.07) is 13.2. The normalized spacial score (nSPS) is 15.7. The van der Waals surface area contributed by atoms with Gasteiger partial charge < -0.3 is 9.32 Å². The minimum absolute atomic E-state index is 0.0536. The minimum Gasteiger partial charge on any atom is -0.408 e. The summed E-state index contributed by atoms with van der Waals surface area (Å²) >= 11 is 6.04. The van der Waals surface area contributed by atoms with Crippen molar-refractivity contribution in [3.05, 3.63) is 64.1 Å². The molecule has 10 heteroatoms. The maximum Gasteiger partial charge on any atom is 0.420 e. The molecule has 0 aliphatic carbocycles. The number of nitrogens with zero attached hydrogens (tertiary/aromatic N) is 3. The molecule has 1 aliphatic heterocycles. The van der Waals surface area contributed by atoms with E-state index in [-0.39, 0.29) is 48.5 Å². The number of carbonyl (C=O) groups excluding carboxylic acids is 1. The van der Waals surface area contributed by atoms with Crippen molar-refractivity contribution in [3.63, 3.8) is 0 Å². The van der Waals surface area contributed by atoms with Crippen LogP contribution < -0.4 is 5.76 Å². The smallest absolute Gasteiger partial charge is 0.408 e. The summed E-state index contributed by atoms with van der Waals surface area (Å²) in [7, 11) is -3.73. The van der Waals surface area contributed by atoms with E-state index in [9.17, 15) is 18.0 Å². The third-order valence-electron chi connectivity index (χ3n) is 4.91. The number of halogens is 1. The number of hydrogen-bond acceptors (Lipinski definition) is 5. The maximum absolute atomic E-state index is 12.8. The van der Waals surface area contributed by atoms with E-state index in [1.165, 1.54) is 21.0 Å². The number of fused-ring (bicyclic) bond motifs is 1. The number of para-hydroxylation sites is 2. The first kappa shape index (κ1) is 19.7. The van der Waals surface area contributed by atoms with E-state index in [4.69, 9.17) is 16.0 Å².